The number of nitrogens with zero attached hydrogens (tertiary/aromatic N) is 1. The SMILES string of the molecule is CC(C)(C)OC[C@H](N)NC(=O)[C@@H]1Cc2ccccc2CN1C(=O)OCc1ccccc1. The summed E-state index contributed by atoms with van der Waals surface area (Å²) in [7, 11) is 0. The van der Waals surface area contributed by atoms with E-state index in [1.165, 1.54) is 4.90 Å². The number of nitrogens with two attached hydrogens (primary N) is 1. The fourth-order valence-corrected chi connectivity index (χ4v) is 3.41. The van der Waals surface area contributed by atoms with E-state index in [-0.39, 0.29) is 24.7 Å². The molecule has 2 amide bonds. The summed E-state index contributed by atoms with van der Waals surface area (Å²) >= 11 is 0. The molecule has 0 radical (unpaired) electrons. The van der Waals surface area contributed by atoms with Crippen LogP contribution in [-0.4, -0.2) is 41.3 Å². The Balaban J connectivity index is 1.70. The molecule has 166 valence electrons. The lowest BCUT2D eigenvalue weighted by atomic mass is 9.94. The molecule has 3 N–H and O–H groups in total. The number of hydrogen-bond acceptors (Lipinski definition) is 5. The van der Waals surface area contributed by atoms with Gasteiger partial charge in [0.15, 0.2) is 0 Å². The zero-order chi connectivity index (χ0) is 22.4. The summed E-state index contributed by atoms with van der Waals surface area (Å²) in [6.45, 7) is 6.38. The summed E-state index contributed by atoms with van der Waals surface area (Å²) in [6.07, 6.45) is -0.806. The molecule has 31 heavy (non-hydrogen) atoms. The van der Waals surface area contributed by atoms with Crippen LogP contribution in [0.15, 0.2) is 54.6 Å². The van der Waals surface area contributed by atoms with Crippen LogP contribution in [0.5, 0.6) is 0 Å². The molecule has 0 saturated heterocycles. The molecule has 2 atom stereocenters. The quantitative estimate of drug-likeness (QED) is 0.694. The van der Waals surface area contributed by atoms with Crippen LogP contribution in [0.4, 0.5) is 4.79 Å². The van der Waals surface area contributed by atoms with Crippen LogP contribution < -0.4 is 11.1 Å². The van der Waals surface area contributed by atoms with Gasteiger partial charge in [-0.3, -0.25) is 9.69 Å². The van der Waals surface area contributed by atoms with Gasteiger partial charge in [0.1, 0.15) is 18.8 Å². The molecule has 2 aromatic carbocycles. The summed E-state index contributed by atoms with van der Waals surface area (Å²) < 4.78 is 11.2. The van der Waals surface area contributed by atoms with Gasteiger partial charge in [-0.25, -0.2) is 4.79 Å². The third-order valence-electron chi connectivity index (χ3n) is 5.01. The predicted octanol–water partition coefficient (Wildman–Crippen LogP) is 2.97. The molecule has 0 aliphatic carbocycles. The van der Waals surface area contributed by atoms with Crippen molar-refractivity contribution in [1.29, 1.82) is 0 Å². The fourth-order valence-electron chi connectivity index (χ4n) is 3.41. The van der Waals surface area contributed by atoms with Gasteiger partial charge in [-0.1, -0.05) is 54.6 Å². The van der Waals surface area contributed by atoms with Crippen LogP contribution in [-0.2, 0) is 33.8 Å². The van der Waals surface area contributed by atoms with Gasteiger partial charge in [0.2, 0.25) is 5.91 Å². The number of carbonyl (C=O) groups is 2. The van der Waals surface area contributed by atoms with E-state index in [0.29, 0.717) is 13.0 Å². The molecular formula is C24H31N3O4. The second-order valence-electron chi connectivity index (χ2n) is 8.70. The molecule has 0 saturated carbocycles. The molecule has 1 heterocycles. The first-order valence-corrected chi connectivity index (χ1v) is 10.5. The lowest BCUT2D eigenvalue weighted by molar-refractivity contribution is -0.128. The normalized spacial score (nSPS) is 16.9. The van der Waals surface area contributed by atoms with Gasteiger partial charge in [0.25, 0.3) is 0 Å². The van der Waals surface area contributed by atoms with Crippen molar-refractivity contribution in [2.45, 2.75) is 58.2 Å². The smallest absolute Gasteiger partial charge is 0.411 e. The third-order valence-corrected chi connectivity index (χ3v) is 5.01. The van der Waals surface area contributed by atoms with E-state index in [4.69, 9.17) is 15.2 Å². The van der Waals surface area contributed by atoms with E-state index in [2.05, 4.69) is 5.32 Å². The number of nitrogens with one attached hydrogen (secondary N) is 1. The van der Waals surface area contributed by atoms with E-state index in [1.807, 2.05) is 75.4 Å². The average molecular weight is 426 g/mol. The Morgan fingerprint density at radius 3 is 2.42 bits per heavy atom. The first kappa shape index (κ1) is 22.8. The van der Waals surface area contributed by atoms with Gasteiger partial charge in [-0.05, 0) is 37.5 Å². The maximum atomic E-state index is 13.0. The predicted molar refractivity (Wildman–Crippen MR) is 118 cm³/mol. The van der Waals surface area contributed by atoms with E-state index in [1.54, 1.807) is 0 Å². The lowest BCUT2D eigenvalue weighted by Gasteiger charge is -2.35. The van der Waals surface area contributed by atoms with Crippen molar-refractivity contribution in [1.82, 2.24) is 10.2 Å². The van der Waals surface area contributed by atoms with Gasteiger partial charge < -0.3 is 20.5 Å². The molecule has 3 rings (SSSR count). The number of amides is 2. The Hall–Kier alpha value is -2.90. The van der Waals surface area contributed by atoms with Crippen LogP contribution in [0, 0.1) is 0 Å². The Morgan fingerprint density at radius 1 is 1.10 bits per heavy atom. The second-order valence-corrected chi connectivity index (χ2v) is 8.70. The summed E-state index contributed by atoms with van der Waals surface area (Å²) in [6, 6.07) is 16.5. The van der Waals surface area contributed by atoms with Crippen LogP contribution in [0.2, 0.25) is 0 Å². The second kappa shape index (κ2) is 9.94. The van der Waals surface area contributed by atoms with E-state index < -0.39 is 18.3 Å². The fraction of sp³-hybridized carbons (Fsp3) is 0.417. The van der Waals surface area contributed by atoms with E-state index in [9.17, 15) is 9.59 Å². The van der Waals surface area contributed by atoms with Crippen LogP contribution in [0.1, 0.15) is 37.5 Å². The van der Waals surface area contributed by atoms with Crippen molar-refractivity contribution in [2.75, 3.05) is 6.61 Å². The molecule has 7 heteroatoms. The number of carbonyl (C=O) groups excluding carboxylic acids is 2. The molecule has 0 fully saturated rings. The highest BCUT2D eigenvalue weighted by atomic mass is 16.6. The molecule has 2 aromatic rings. The van der Waals surface area contributed by atoms with E-state index >= 15 is 0 Å². The van der Waals surface area contributed by atoms with E-state index in [0.717, 1.165) is 16.7 Å². The van der Waals surface area contributed by atoms with Gasteiger partial charge in [-0.15, -0.1) is 0 Å². The summed E-state index contributed by atoms with van der Waals surface area (Å²) in [4.78, 5) is 27.4. The Bertz CT molecular complexity index is 895. The molecule has 0 unspecified atom stereocenters. The minimum Gasteiger partial charge on any atom is -0.445 e. The zero-order valence-electron chi connectivity index (χ0n) is 18.3. The molecule has 1 aliphatic heterocycles. The Kier molecular flexibility index (Phi) is 7.30. The van der Waals surface area contributed by atoms with Crippen LogP contribution in [0.3, 0.4) is 0 Å². The average Bonchev–Trinajstić information content (AvgIpc) is 2.75. The molecule has 7 nitrogen and oxygen atoms in total. The first-order chi connectivity index (χ1) is 14.7. The largest absolute Gasteiger partial charge is 0.445 e. The maximum absolute atomic E-state index is 13.0. The minimum absolute atomic E-state index is 0.144. The van der Waals surface area contributed by atoms with Crippen molar-refractivity contribution in [2.24, 2.45) is 5.73 Å². The zero-order valence-corrected chi connectivity index (χ0v) is 18.3. The highest BCUT2D eigenvalue weighted by Gasteiger charge is 2.36. The van der Waals surface area contributed by atoms with Gasteiger partial charge >= 0.3 is 6.09 Å². The van der Waals surface area contributed by atoms with Gasteiger partial charge in [0.05, 0.1) is 18.8 Å². The lowest BCUT2D eigenvalue weighted by Crippen LogP contribution is -2.57. The van der Waals surface area contributed by atoms with Crippen molar-refractivity contribution < 1.29 is 19.1 Å². The Labute approximate surface area is 183 Å². The molecule has 0 aromatic heterocycles. The number of hydrogen-bond donors (Lipinski definition) is 2. The van der Waals surface area contributed by atoms with Crippen molar-refractivity contribution >= 4 is 12.0 Å². The first-order valence-electron chi connectivity index (χ1n) is 10.5. The van der Waals surface area contributed by atoms with Gasteiger partial charge in [-0.2, -0.15) is 0 Å². The highest BCUT2D eigenvalue weighted by Crippen LogP contribution is 2.24. The third kappa shape index (κ3) is 6.54. The van der Waals surface area contributed by atoms with Crippen LogP contribution in [0.25, 0.3) is 0 Å². The number of fused-ring (bicyclic) bond motifs is 1. The van der Waals surface area contributed by atoms with Crippen molar-refractivity contribution in [3.05, 3.63) is 71.3 Å². The molecule has 0 bridgehead atoms. The monoisotopic (exact) mass is 425 g/mol. The number of benzene rings is 2. The van der Waals surface area contributed by atoms with Crippen molar-refractivity contribution in [3.8, 4) is 0 Å². The van der Waals surface area contributed by atoms with Crippen LogP contribution >= 0.6 is 0 Å². The van der Waals surface area contributed by atoms with Gasteiger partial charge in [0, 0.05) is 6.42 Å². The number of ether oxygens (including phenoxy) is 2. The maximum Gasteiger partial charge on any atom is 0.411 e. The summed E-state index contributed by atoms with van der Waals surface area (Å²) in [5.41, 5.74) is 8.61. The van der Waals surface area contributed by atoms with Crippen molar-refractivity contribution in [3.63, 3.8) is 0 Å². The summed E-state index contributed by atoms with van der Waals surface area (Å²) in [5.74, 6) is -0.323. The Morgan fingerprint density at radius 2 is 1.74 bits per heavy atom. The highest BCUT2D eigenvalue weighted by molar-refractivity contribution is 5.86. The molecular weight excluding hydrogens is 394 g/mol. The number of rotatable bonds is 6. The summed E-state index contributed by atoms with van der Waals surface area (Å²) in [5, 5.41) is 2.78. The molecule has 0 spiro atoms. The topological polar surface area (TPSA) is 93.9 Å². The standard InChI is InChI=1S/C24H31N3O4/c1-24(2,3)31-16-21(25)26-22(28)20-13-18-11-7-8-12-19(18)14-27(20)23(29)30-15-17-9-5-4-6-10-17/h4-12,20-21H,13-16,25H2,1-3H3,(H,26,28)/t20-,21+/m0/s1. The minimum atomic E-state index is -0.709. The molecule has 1 aliphatic rings.